The van der Waals surface area contributed by atoms with Crippen LogP contribution in [0.25, 0.3) is 11.4 Å². The number of anilines is 1. The van der Waals surface area contributed by atoms with E-state index >= 15 is 0 Å². The van der Waals surface area contributed by atoms with E-state index in [0.29, 0.717) is 33.1 Å². The molecule has 150 valence electrons. The van der Waals surface area contributed by atoms with Gasteiger partial charge in [0, 0.05) is 16.3 Å². The molecule has 7 nitrogen and oxygen atoms in total. The van der Waals surface area contributed by atoms with E-state index in [1.807, 2.05) is 0 Å². The molecule has 3 rings (SSSR count). The Balaban J connectivity index is 1.56. The van der Waals surface area contributed by atoms with Gasteiger partial charge in [-0.3, -0.25) is 0 Å². The molecule has 3 aromatic rings. The van der Waals surface area contributed by atoms with Crippen LogP contribution in [0, 0.1) is 0 Å². The summed E-state index contributed by atoms with van der Waals surface area (Å²) < 4.78 is 10.2. The van der Waals surface area contributed by atoms with Crippen molar-refractivity contribution >= 4 is 52.2 Å². The molecule has 29 heavy (non-hydrogen) atoms. The highest BCUT2D eigenvalue weighted by atomic mass is 35.5. The van der Waals surface area contributed by atoms with Crippen LogP contribution in [0.3, 0.4) is 0 Å². The third-order valence-corrected chi connectivity index (χ3v) is 4.50. The molecule has 0 saturated carbocycles. The first kappa shape index (κ1) is 21.0. The Bertz CT molecular complexity index is 1020. The summed E-state index contributed by atoms with van der Waals surface area (Å²) in [5.41, 5.74) is 1.70. The van der Waals surface area contributed by atoms with Crippen molar-refractivity contribution in [2.75, 3.05) is 11.9 Å². The standard InChI is InChI=1S/C19H16Cl2N4O3S/c1-2-27-18(26)14-8-7-13(9-15(14)21)23-19(29)22-10-16-24-17(25-28-16)11-3-5-12(20)6-4-11/h3-9H,2,10H2,1H3,(H2,22,23,29). The SMILES string of the molecule is CCOC(=O)c1ccc(NC(=S)NCc2nc(-c3ccc(Cl)cc3)no2)cc1Cl. The van der Waals surface area contributed by atoms with Gasteiger partial charge in [-0.15, -0.1) is 0 Å². The lowest BCUT2D eigenvalue weighted by Gasteiger charge is -2.10. The van der Waals surface area contributed by atoms with Crippen molar-refractivity contribution in [3.63, 3.8) is 0 Å². The van der Waals surface area contributed by atoms with Gasteiger partial charge in [-0.25, -0.2) is 4.79 Å². The number of nitrogens with one attached hydrogen (secondary N) is 2. The Labute approximate surface area is 182 Å². The van der Waals surface area contributed by atoms with Crippen molar-refractivity contribution in [2.45, 2.75) is 13.5 Å². The molecule has 10 heteroatoms. The topological polar surface area (TPSA) is 89.3 Å². The molecule has 1 aromatic heterocycles. The molecule has 0 unspecified atom stereocenters. The van der Waals surface area contributed by atoms with Crippen molar-refractivity contribution in [1.82, 2.24) is 15.5 Å². The monoisotopic (exact) mass is 450 g/mol. The Morgan fingerprint density at radius 2 is 1.97 bits per heavy atom. The lowest BCUT2D eigenvalue weighted by molar-refractivity contribution is 0.0526. The van der Waals surface area contributed by atoms with Gasteiger partial charge in [-0.05, 0) is 61.6 Å². The van der Waals surface area contributed by atoms with E-state index in [2.05, 4.69) is 20.8 Å². The summed E-state index contributed by atoms with van der Waals surface area (Å²) >= 11 is 17.3. The first-order chi connectivity index (χ1) is 14.0. The van der Waals surface area contributed by atoms with E-state index < -0.39 is 5.97 Å². The van der Waals surface area contributed by atoms with Gasteiger partial charge in [0.05, 0.1) is 23.7 Å². The molecule has 2 N–H and O–H groups in total. The summed E-state index contributed by atoms with van der Waals surface area (Å²) in [4.78, 5) is 16.1. The fraction of sp³-hybridized carbons (Fsp3) is 0.158. The number of esters is 1. The van der Waals surface area contributed by atoms with Crippen LogP contribution in [0.4, 0.5) is 5.69 Å². The molecule has 0 bridgehead atoms. The lowest BCUT2D eigenvalue weighted by Crippen LogP contribution is -2.28. The number of benzene rings is 2. The van der Waals surface area contributed by atoms with Gasteiger partial charge in [0.1, 0.15) is 0 Å². The molecule has 0 atom stereocenters. The second-order valence-electron chi connectivity index (χ2n) is 5.74. The molecule has 0 radical (unpaired) electrons. The summed E-state index contributed by atoms with van der Waals surface area (Å²) in [6.07, 6.45) is 0. The van der Waals surface area contributed by atoms with Gasteiger partial charge in [0.25, 0.3) is 0 Å². The Morgan fingerprint density at radius 1 is 1.21 bits per heavy atom. The van der Waals surface area contributed by atoms with Crippen molar-refractivity contribution in [2.24, 2.45) is 0 Å². The number of halogens is 2. The lowest BCUT2D eigenvalue weighted by atomic mass is 10.2. The van der Waals surface area contributed by atoms with E-state index in [1.54, 1.807) is 49.4 Å². The van der Waals surface area contributed by atoms with Gasteiger partial charge < -0.3 is 19.9 Å². The zero-order valence-corrected chi connectivity index (χ0v) is 17.6. The van der Waals surface area contributed by atoms with Crippen LogP contribution >= 0.6 is 35.4 Å². The third kappa shape index (κ3) is 5.66. The van der Waals surface area contributed by atoms with Crippen molar-refractivity contribution in [3.05, 3.63) is 64.0 Å². The Kier molecular flexibility index (Phi) is 7.03. The largest absolute Gasteiger partial charge is 0.462 e. The highest BCUT2D eigenvalue weighted by Crippen LogP contribution is 2.22. The summed E-state index contributed by atoms with van der Waals surface area (Å²) in [6.45, 7) is 2.24. The number of rotatable bonds is 6. The fourth-order valence-corrected chi connectivity index (χ4v) is 2.92. The maximum Gasteiger partial charge on any atom is 0.339 e. The number of hydrogen-bond donors (Lipinski definition) is 2. The highest BCUT2D eigenvalue weighted by molar-refractivity contribution is 7.80. The molecule has 0 amide bonds. The van der Waals surface area contributed by atoms with Gasteiger partial charge in [-0.2, -0.15) is 4.98 Å². The van der Waals surface area contributed by atoms with Crippen molar-refractivity contribution in [3.8, 4) is 11.4 Å². The first-order valence-electron chi connectivity index (χ1n) is 8.56. The van der Waals surface area contributed by atoms with E-state index in [0.717, 1.165) is 5.56 Å². The second-order valence-corrected chi connectivity index (χ2v) is 6.99. The quantitative estimate of drug-likeness (QED) is 0.412. The van der Waals surface area contributed by atoms with Gasteiger partial charge in [0.2, 0.25) is 11.7 Å². The minimum atomic E-state index is -0.474. The van der Waals surface area contributed by atoms with E-state index in [1.165, 1.54) is 0 Å². The molecule has 1 heterocycles. The molecule has 0 fully saturated rings. The van der Waals surface area contributed by atoms with Crippen LogP contribution in [0.5, 0.6) is 0 Å². The van der Waals surface area contributed by atoms with Crippen LogP contribution in [0.15, 0.2) is 47.0 Å². The third-order valence-electron chi connectivity index (χ3n) is 3.69. The summed E-state index contributed by atoms with van der Waals surface area (Å²) in [6, 6.07) is 12.0. The average molecular weight is 451 g/mol. The minimum absolute atomic E-state index is 0.237. The van der Waals surface area contributed by atoms with Gasteiger partial charge >= 0.3 is 5.97 Å². The highest BCUT2D eigenvalue weighted by Gasteiger charge is 2.13. The number of hydrogen-bond acceptors (Lipinski definition) is 6. The molecule has 2 aromatic carbocycles. The molecule has 0 spiro atoms. The molecule has 0 aliphatic heterocycles. The zero-order chi connectivity index (χ0) is 20.8. The molecular formula is C19H16Cl2N4O3S. The number of aromatic nitrogens is 2. The van der Waals surface area contributed by atoms with Crippen molar-refractivity contribution in [1.29, 1.82) is 0 Å². The predicted octanol–water partition coefficient (Wildman–Crippen LogP) is 4.71. The average Bonchev–Trinajstić information content (AvgIpc) is 3.16. The first-order valence-corrected chi connectivity index (χ1v) is 9.72. The predicted molar refractivity (Wildman–Crippen MR) is 115 cm³/mol. The van der Waals surface area contributed by atoms with Crippen LogP contribution in [-0.4, -0.2) is 27.8 Å². The zero-order valence-electron chi connectivity index (χ0n) is 15.2. The molecule has 0 aliphatic carbocycles. The van der Waals surface area contributed by atoms with Crippen LogP contribution < -0.4 is 10.6 Å². The van der Waals surface area contributed by atoms with Gasteiger partial charge in [-0.1, -0.05) is 28.4 Å². The van der Waals surface area contributed by atoms with Crippen LogP contribution in [-0.2, 0) is 11.3 Å². The van der Waals surface area contributed by atoms with Gasteiger partial charge in [0.15, 0.2) is 5.11 Å². The number of carbonyl (C=O) groups is 1. The molecule has 0 aliphatic rings. The maximum absolute atomic E-state index is 11.8. The number of ether oxygens (including phenoxy) is 1. The number of carbonyl (C=O) groups excluding carboxylic acids is 1. The van der Waals surface area contributed by atoms with Crippen LogP contribution in [0.1, 0.15) is 23.2 Å². The Hall–Kier alpha value is -2.68. The van der Waals surface area contributed by atoms with E-state index in [9.17, 15) is 4.79 Å². The minimum Gasteiger partial charge on any atom is -0.462 e. The Morgan fingerprint density at radius 3 is 2.66 bits per heavy atom. The number of nitrogens with zero attached hydrogens (tertiary/aromatic N) is 2. The van der Waals surface area contributed by atoms with Crippen molar-refractivity contribution < 1.29 is 14.1 Å². The summed E-state index contributed by atoms with van der Waals surface area (Å²) in [5.74, 6) is 0.353. The molecular weight excluding hydrogens is 435 g/mol. The number of thiocarbonyl (C=S) groups is 1. The second kappa shape index (κ2) is 9.69. The normalized spacial score (nSPS) is 10.4. The summed E-state index contributed by atoms with van der Waals surface area (Å²) in [5, 5.41) is 11.1. The van der Waals surface area contributed by atoms with E-state index in [-0.39, 0.29) is 18.2 Å². The molecule has 0 saturated heterocycles. The van der Waals surface area contributed by atoms with Crippen LogP contribution in [0.2, 0.25) is 10.0 Å². The maximum atomic E-state index is 11.8. The summed E-state index contributed by atoms with van der Waals surface area (Å²) in [7, 11) is 0. The smallest absolute Gasteiger partial charge is 0.339 e. The fourth-order valence-electron chi connectivity index (χ4n) is 2.34. The van der Waals surface area contributed by atoms with E-state index in [4.69, 9.17) is 44.7 Å².